The van der Waals surface area contributed by atoms with Crippen molar-refractivity contribution >= 4 is 7.69 Å². The Kier molecular flexibility index (Phi) is 6.90. The minimum Gasteiger partial charge on any atom is -0.490 e. The van der Waals surface area contributed by atoms with Gasteiger partial charge in [-0.1, -0.05) is 6.58 Å². The zero-order chi connectivity index (χ0) is 12.0. The van der Waals surface area contributed by atoms with Crippen molar-refractivity contribution in [2.24, 2.45) is 0 Å². The quantitative estimate of drug-likeness (QED) is 0.457. The predicted octanol–water partition coefficient (Wildman–Crippen LogP) is 0.324. The Morgan fingerprint density at radius 1 is 1.21 bits per heavy atom. The molecular formula is C9H21BO4. The number of hydrogen-bond acceptors (Lipinski definition) is 4. The Balaban J connectivity index is 0. The molecule has 0 aliphatic rings. The zero-order valence-electron chi connectivity index (χ0n) is 9.66. The van der Waals surface area contributed by atoms with Gasteiger partial charge in [-0.15, -0.1) is 0 Å². The summed E-state index contributed by atoms with van der Waals surface area (Å²) in [4.78, 5) is 0. The molecule has 14 heavy (non-hydrogen) atoms. The summed E-state index contributed by atoms with van der Waals surface area (Å²) in [5.74, 6) is 0.622. The average molecular weight is 204 g/mol. The van der Waals surface area contributed by atoms with Gasteiger partial charge in [0.2, 0.25) is 0 Å². The molecule has 0 amide bonds. The fraction of sp³-hybridized carbons (Fsp3) is 0.778. The van der Waals surface area contributed by atoms with Crippen molar-refractivity contribution in [3.8, 4) is 0 Å². The first-order valence-corrected chi connectivity index (χ1v) is 4.37. The van der Waals surface area contributed by atoms with Crippen LogP contribution in [-0.2, 0) is 4.74 Å². The third-order valence-corrected chi connectivity index (χ3v) is 1.90. The van der Waals surface area contributed by atoms with Crippen LogP contribution in [0.4, 0.5) is 0 Å². The molecule has 0 aromatic rings. The Labute approximate surface area is 86.5 Å². The normalized spacial score (nSPS) is 11.1. The SMILES string of the molecule is C=C(C)OC(C)(C)C(C)(C)O.OBO. The van der Waals surface area contributed by atoms with Crippen LogP contribution in [0.1, 0.15) is 34.6 Å². The van der Waals surface area contributed by atoms with Gasteiger partial charge in [-0.3, -0.25) is 0 Å². The lowest BCUT2D eigenvalue weighted by Gasteiger charge is -2.37. The molecular weight excluding hydrogens is 183 g/mol. The molecule has 0 fully saturated rings. The van der Waals surface area contributed by atoms with Crippen LogP contribution in [0, 0.1) is 0 Å². The molecule has 0 atom stereocenters. The van der Waals surface area contributed by atoms with Gasteiger partial charge >= 0.3 is 7.69 Å². The molecule has 0 heterocycles. The van der Waals surface area contributed by atoms with E-state index in [0.717, 1.165) is 0 Å². The van der Waals surface area contributed by atoms with Gasteiger partial charge < -0.3 is 19.9 Å². The van der Waals surface area contributed by atoms with E-state index in [2.05, 4.69) is 6.58 Å². The van der Waals surface area contributed by atoms with Gasteiger partial charge in [0.25, 0.3) is 0 Å². The Hall–Kier alpha value is -0.515. The summed E-state index contributed by atoms with van der Waals surface area (Å²) in [6.45, 7) is 12.5. The van der Waals surface area contributed by atoms with Crippen molar-refractivity contribution in [3.63, 3.8) is 0 Å². The van der Waals surface area contributed by atoms with Crippen LogP contribution in [0.15, 0.2) is 12.3 Å². The molecule has 4 nitrogen and oxygen atoms in total. The molecule has 0 aromatic heterocycles. The van der Waals surface area contributed by atoms with E-state index >= 15 is 0 Å². The Morgan fingerprint density at radius 3 is 1.57 bits per heavy atom. The average Bonchev–Trinajstić information content (AvgIpc) is 1.82. The lowest BCUT2D eigenvalue weighted by molar-refractivity contribution is -0.122. The van der Waals surface area contributed by atoms with Gasteiger partial charge in [-0.25, -0.2) is 0 Å². The molecule has 0 radical (unpaired) electrons. The number of rotatable bonds is 3. The van der Waals surface area contributed by atoms with Crippen LogP contribution >= 0.6 is 0 Å². The lowest BCUT2D eigenvalue weighted by atomic mass is 9.89. The first kappa shape index (κ1) is 15.9. The smallest absolute Gasteiger partial charge is 0.432 e. The standard InChI is InChI=1S/C9H18O2.BH3O2/c1-7(2)11-9(5,6)8(3,4)10;2-1-3/h10H,1H2,2-6H3;1-3H. The molecule has 5 heteroatoms. The summed E-state index contributed by atoms with van der Waals surface area (Å²) < 4.78 is 5.36. The summed E-state index contributed by atoms with van der Waals surface area (Å²) in [7, 11) is -0.750. The second-order valence-corrected chi connectivity index (χ2v) is 4.01. The molecule has 0 unspecified atom stereocenters. The van der Waals surface area contributed by atoms with Crippen LogP contribution in [0.25, 0.3) is 0 Å². The molecule has 84 valence electrons. The van der Waals surface area contributed by atoms with E-state index in [1.807, 2.05) is 13.8 Å². The van der Waals surface area contributed by atoms with Gasteiger partial charge in [0.1, 0.15) is 5.60 Å². The maximum absolute atomic E-state index is 9.63. The highest BCUT2D eigenvalue weighted by atomic mass is 16.5. The number of aliphatic hydroxyl groups is 1. The molecule has 0 saturated heterocycles. The van der Waals surface area contributed by atoms with Gasteiger partial charge in [-0.2, -0.15) is 0 Å². The third-order valence-electron chi connectivity index (χ3n) is 1.90. The van der Waals surface area contributed by atoms with Crippen molar-refractivity contribution in [2.45, 2.75) is 45.8 Å². The fourth-order valence-electron chi connectivity index (χ4n) is 0.560. The lowest BCUT2D eigenvalue weighted by Crippen LogP contribution is -2.46. The van der Waals surface area contributed by atoms with E-state index in [1.165, 1.54) is 0 Å². The van der Waals surface area contributed by atoms with Gasteiger partial charge in [0.15, 0.2) is 0 Å². The van der Waals surface area contributed by atoms with Crippen molar-refractivity contribution < 1.29 is 19.9 Å². The summed E-state index contributed by atoms with van der Waals surface area (Å²) in [6.07, 6.45) is 0. The first-order valence-electron chi connectivity index (χ1n) is 4.37. The van der Waals surface area contributed by atoms with E-state index in [9.17, 15) is 5.11 Å². The Morgan fingerprint density at radius 2 is 1.50 bits per heavy atom. The van der Waals surface area contributed by atoms with Crippen molar-refractivity contribution in [3.05, 3.63) is 12.3 Å². The molecule has 0 bridgehead atoms. The topological polar surface area (TPSA) is 69.9 Å². The second-order valence-electron chi connectivity index (χ2n) is 4.01. The zero-order valence-corrected chi connectivity index (χ0v) is 9.66. The summed E-state index contributed by atoms with van der Waals surface area (Å²) in [6, 6.07) is 0. The maximum atomic E-state index is 9.63. The van der Waals surface area contributed by atoms with E-state index in [0.29, 0.717) is 5.76 Å². The molecule has 3 N–H and O–H groups in total. The van der Waals surface area contributed by atoms with Gasteiger partial charge in [-0.05, 0) is 34.6 Å². The van der Waals surface area contributed by atoms with Crippen LogP contribution < -0.4 is 0 Å². The van der Waals surface area contributed by atoms with Crippen LogP contribution in [0.3, 0.4) is 0 Å². The molecule has 0 aromatic carbocycles. The molecule has 0 saturated carbocycles. The van der Waals surface area contributed by atoms with E-state index < -0.39 is 18.9 Å². The second kappa shape index (κ2) is 6.06. The monoisotopic (exact) mass is 204 g/mol. The van der Waals surface area contributed by atoms with Crippen molar-refractivity contribution in [1.82, 2.24) is 0 Å². The minimum absolute atomic E-state index is 0.584. The van der Waals surface area contributed by atoms with E-state index in [-0.39, 0.29) is 0 Å². The number of allylic oxidation sites excluding steroid dienone is 1. The molecule has 0 spiro atoms. The molecule has 0 rings (SSSR count). The molecule has 0 aliphatic carbocycles. The highest BCUT2D eigenvalue weighted by Crippen LogP contribution is 2.26. The minimum atomic E-state index is -0.855. The van der Waals surface area contributed by atoms with Crippen molar-refractivity contribution in [1.29, 1.82) is 0 Å². The largest absolute Gasteiger partial charge is 0.490 e. The van der Waals surface area contributed by atoms with E-state index in [4.69, 9.17) is 14.8 Å². The highest BCUT2D eigenvalue weighted by molar-refractivity contribution is 6.13. The summed E-state index contributed by atoms with van der Waals surface area (Å²) >= 11 is 0. The van der Waals surface area contributed by atoms with E-state index in [1.54, 1.807) is 20.8 Å². The van der Waals surface area contributed by atoms with Crippen molar-refractivity contribution in [2.75, 3.05) is 0 Å². The highest BCUT2D eigenvalue weighted by Gasteiger charge is 2.36. The Bertz CT molecular complexity index is 172. The third kappa shape index (κ3) is 6.94. The van der Waals surface area contributed by atoms with Gasteiger partial charge in [0.05, 0.1) is 11.4 Å². The summed E-state index contributed by atoms with van der Waals surface area (Å²) in [5.41, 5.74) is -1.44. The predicted molar refractivity (Wildman–Crippen MR) is 57.9 cm³/mol. The number of ether oxygens (including phenoxy) is 1. The first-order chi connectivity index (χ1) is 6.08. The number of hydrogen-bond donors (Lipinski definition) is 3. The van der Waals surface area contributed by atoms with Gasteiger partial charge in [0, 0.05) is 0 Å². The van der Waals surface area contributed by atoms with Crippen LogP contribution in [-0.4, -0.2) is 34.0 Å². The molecule has 0 aliphatic heterocycles. The summed E-state index contributed by atoms with van der Waals surface area (Å²) in [5, 5.41) is 23.9. The van der Waals surface area contributed by atoms with Crippen LogP contribution in [0.2, 0.25) is 0 Å². The maximum Gasteiger partial charge on any atom is 0.432 e. The fourth-order valence-corrected chi connectivity index (χ4v) is 0.560. The van der Waals surface area contributed by atoms with Crippen LogP contribution in [0.5, 0.6) is 0 Å².